The van der Waals surface area contributed by atoms with Gasteiger partial charge in [-0.15, -0.1) is 0 Å². The smallest absolute Gasteiger partial charge is 0.253 e. The summed E-state index contributed by atoms with van der Waals surface area (Å²) < 4.78 is 2.27. The molecule has 1 fully saturated rings. The van der Waals surface area contributed by atoms with Crippen molar-refractivity contribution in [3.8, 4) is 11.1 Å². The zero-order valence-corrected chi connectivity index (χ0v) is 23.8. The Bertz CT molecular complexity index is 1470. The Labute approximate surface area is 231 Å². The molecule has 39 heavy (non-hydrogen) atoms. The van der Waals surface area contributed by atoms with Crippen LogP contribution in [0.4, 0.5) is 11.6 Å². The third kappa shape index (κ3) is 5.49. The number of carbonyl (C=O) groups excluding carboxylic acids is 1. The summed E-state index contributed by atoms with van der Waals surface area (Å²) in [7, 11) is 9.72. The third-order valence-electron chi connectivity index (χ3n) is 8.26. The molecule has 2 atom stereocenters. The number of aryl methyl sites for hydroxylation is 1. The van der Waals surface area contributed by atoms with E-state index in [0.717, 1.165) is 40.0 Å². The fourth-order valence-electron chi connectivity index (χ4n) is 6.08. The Hall–Kier alpha value is -3.87. The van der Waals surface area contributed by atoms with Crippen molar-refractivity contribution >= 4 is 28.6 Å². The molecule has 1 amide bonds. The highest BCUT2D eigenvalue weighted by atomic mass is 16.2. The van der Waals surface area contributed by atoms with Crippen LogP contribution in [0.15, 0.2) is 54.7 Å². The molecule has 1 aliphatic carbocycles. The predicted molar refractivity (Wildman–Crippen MR) is 160 cm³/mol. The molecule has 7 heteroatoms. The van der Waals surface area contributed by atoms with Crippen molar-refractivity contribution in [1.82, 2.24) is 19.4 Å². The van der Waals surface area contributed by atoms with Crippen LogP contribution in [0.3, 0.4) is 0 Å². The quantitative estimate of drug-likeness (QED) is 0.318. The predicted octanol–water partition coefficient (Wildman–Crippen LogP) is 5.89. The van der Waals surface area contributed by atoms with Gasteiger partial charge in [-0.05, 0) is 85.0 Å². The summed E-state index contributed by atoms with van der Waals surface area (Å²) in [5.74, 6) is 2.64. The molecule has 1 aromatic carbocycles. The van der Waals surface area contributed by atoms with Crippen LogP contribution in [-0.4, -0.2) is 53.5 Å². The standard InChI is InChI=1S/C32H40N6O/c1-36(2)31-27(15-16-29(33)35-31)26-17-18-34-30-28(26)20-25(38(30)5)19-21-7-6-8-22(10-9-21)23-11-13-24(14-12-23)32(39)37(3)4/h11-18,20-22H,6-10,19H2,1-5H3,(H2,33,35). The summed E-state index contributed by atoms with van der Waals surface area (Å²) in [4.78, 5) is 25.3. The summed E-state index contributed by atoms with van der Waals surface area (Å²) >= 11 is 0. The largest absolute Gasteiger partial charge is 0.384 e. The summed E-state index contributed by atoms with van der Waals surface area (Å²) in [5, 5.41) is 1.16. The summed E-state index contributed by atoms with van der Waals surface area (Å²) in [6, 6.07) is 16.6. The number of nitrogens with zero attached hydrogens (tertiary/aromatic N) is 5. The molecule has 0 saturated heterocycles. The second-order valence-corrected chi connectivity index (χ2v) is 11.4. The number of anilines is 2. The highest BCUT2D eigenvalue weighted by Gasteiger charge is 2.23. The topological polar surface area (TPSA) is 80.3 Å². The van der Waals surface area contributed by atoms with E-state index in [-0.39, 0.29) is 5.91 Å². The van der Waals surface area contributed by atoms with E-state index in [4.69, 9.17) is 10.7 Å². The molecule has 0 bridgehead atoms. The highest BCUT2D eigenvalue weighted by molar-refractivity contribution is 5.97. The van der Waals surface area contributed by atoms with Gasteiger partial charge >= 0.3 is 0 Å². The van der Waals surface area contributed by atoms with E-state index < -0.39 is 0 Å². The number of nitrogens with two attached hydrogens (primary N) is 1. The van der Waals surface area contributed by atoms with Gasteiger partial charge in [0, 0.05) is 63.6 Å². The van der Waals surface area contributed by atoms with Gasteiger partial charge in [0.05, 0.1) is 0 Å². The first-order valence-electron chi connectivity index (χ1n) is 13.9. The Kier molecular flexibility index (Phi) is 7.60. The molecule has 0 aliphatic heterocycles. The zero-order chi connectivity index (χ0) is 27.7. The van der Waals surface area contributed by atoms with E-state index in [9.17, 15) is 4.79 Å². The molecule has 2 N–H and O–H groups in total. The van der Waals surface area contributed by atoms with Crippen LogP contribution >= 0.6 is 0 Å². The van der Waals surface area contributed by atoms with E-state index >= 15 is 0 Å². The van der Waals surface area contributed by atoms with Gasteiger partial charge in [0.25, 0.3) is 5.91 Å². The number of rotatable bonds is 6. The molecule has 3 heterocycles. The normalized spacial score (nSPS) is 17.7. The Morgan fingerprint density at radius 1 is 0.974 bits per heavy atom. The zero-order valence-electron chi connectivity index (χ0n) is 23.8. The SMILES string of the molecule is CN(C)C(=O)c1ccc(C2CCCC(Cc3cc4c(-c5ccc(N)nc5N(C)C)ccnc4n3C)CC2)cc1. The van der Waals surface area contributed by atoms with Gasteiger partial charge < -0.3 is 20.1 Å². The van der Waals surface area contributed by atoms with Gasteiger partial charge in [-0.1, -0.05) is 25.0 Å². The van der Waals surface area contributed by atoms with Crippen LogP contribution in [-0.2, 0) is 13.5 Å². The number of hydrogen-bond acceptors (Lipinski definition) is 5. The Balaban J connectivity index is 1.34. The minimum atomic E-state index is 0.0562. The van der Waals surface area contributed by atoms with Gasteiger partial charge in [-0.25, -0.2) is 9.97 Å². The molecule has 5 rings (SSSR count). The maximum absolute atomic E-state index is 12.3. The number of amides is 1. The van der Waals surface area contributed by atoms with Crippen molar-refractivity contribution in [2.45, 2.75) is 44.4 Å². The molecule has 1 saturated carbocycles. The lowest BCUT2D eigenvalue weighted by Crippen LogP contribution is -2.21. The highest BCUT2D eigenvalue weighted by Crippen LogP contribution is 2.38. The van der Waals surface area contributed by atoms with Crippen LogP contribution < -0.4 is 10.6 Å². The third-order valence-corrected chi connectivity index (χ3v) is 8.26. The molecule has 0 radical (unpaired) electrons. The fraction of sp³-hybridized carbons (Fsp3) is 0.406. The lowest BCUT2D eigenvalue weighted by atomic mass is 9.90. The van der Waals surface area contributed by atoms with Crippen molar-refractivity contribution in [2.75, 3.05) is 38.8 Å². The van der Waals surface area contributed by atoms with Crippen molar-refractivity contribution < 1.29 is 4.79 Å². The summed E-state index contributed by atoms with van der Waals surface area (Å²) in [5.41, 5.74) is 12.7. The first-order valence-corrected chi connectivity index (χ1v) is 13.9. The summed E-state index contributed by atoms with van der Waals surface area (Å²) in [6.45, 7) is 0. The minimum Gasteiger partial charge on any atom is -0.384 e. The van der Waals surface area contributed by atoms with Gasteiger partial charge in [-0.3, -0.25) is 4.79 Å². The minimum absolute atomic E-state index is 0.0562. The fourth-order valence-corrected chi connectivity index (χ4v) is 6.08. The van der Waals surface area contributed by atoms with Gasteiger partial charge in [0.1, 0.15) is 17.3 Å². The van der Waals surface area contributed by atoms with Crippen molar-refractivity contribution in [3.05, 3.63) is 71.5 Å². The average molecular weight is 525 g/mol. The number of aromatic nitrogens is 3. The first kappa shape index (κ1) is 26.7. The number of fused-ring (bicyclic) bond motifs is 1. The van der Waals surface area contributed by atoms with Crippen LogP contribution in [0.2, 0.25) is 0 Å². The molecule has 3 aromatic heterocycles. The second-order valence-electron chi connectivity index (χ2n) is 11.4. The second kappa shape index (κ2) is 11.1. The maximum atomic E-state index is 12.3. The number of hydrogen-bond donors (Lipinski definition) is 1. The van der Waals surface area contributed by atoms with Gasteiger partial charge in [-0.2, -0.15) is 0 Å². The van der Waals surface area contributed by atoms with Crippen LogP contribution in [0.5, 0.6) is 0 Å². The van der Waals surface area contributed by atoms with Gasteiger partial charge in [0.2, 0.25) is 0 Å². The molecule has 7 nitrogen and oxygen atoms in total. The Morgan fingerprint density at radius 3 is 2.46 bits per heavy atom. The van der Waals surface area contributed by atoms with Crippen LogP contribution in [0, 0.1) is 5.92 Å². The molecule has 0 spiro atoms. The number of benzene rings is 1. The maximum Gasteiger partial charge on any atom is 0.253 e. The van der Waals surface area contributed by atoms with E-state index in [1.807, 2.05) is 43.4 Å². The van der Waals surface area contributed by atoms with E-state index in [0.29, 0.717) is 17.7 Å². The lowest BCUT2D eigenvalue weighted by molar-refractivity contribution is 0.0827. The van der Waals surface area contributed by atoms with Crippen LogP contribution in [0.25, 0.3) is 22.2 Å². The number of carbonyl (C=O) groups is 1. The molecular formula is C32H40N6O. The van der Waals surface area contributed by atoms with Crippen LogP contribution in [0.1, 0.15) is 59.6 Å². The van der Waals surface area contributed by atoms with Crippen molar-refractivity contribution in [2.24, 2.45) is 13.0 Å². The molecular weight excluding hydrogens is 484 g/mol. The van der Waals surface area contributed by atoms with E-state index in [1.54, 1.807) is 19.0 Å². The first-order chi connectivity index (χ1) is 18.7. The van der Waals surface area contributed by atoms with E-state index in [2.05, 4.69) is 46.9 Å². The number of nitrogen functional groups attached to an aromatic ring is 1. The van der Waals surface area contributed by atoms with Gasteiger partial charge in [0.15, 0.2) is 0 Å². The molecule has 1 aliphatic rings. The average Bonchev–Trinajstić information content (AvgIpc) is 3.08. The number of pyridine rings is 2. The monoisotopic (exact) mass is 524 g/mol. The van der Waals surface area contributed by atoms with Crippen molar-refractivity contribution in [1.29, 1.82) is 0 Å². The lowest BCUT2D eigenvalue weighted by Gasteiger charge is -2.17. The summed E-state index contributed by atoms with van der Waals surface area (Å²) in [6.07, 6.45) is 9.00. The van der Waals surface area contributed by atoms with E-state index in [1.165, 1.54) is 43.4 Å². The molecule has 2 unspecified atom stereocenters. The Morgan fingerprint density at radius 2 is 1.74 bits per heavy atom. The molecule has 4 aromatic rings. The van der Waals surface area contributed by atoms with Crippen molar-refractivity contribution in [3.63, 3.8) is 0 Å². The molecule has 204 valence electrons.